The van der Waals surface area contributed by atoms with E-state index in [0.717, 1.165) is 42.7 Å². The minimum absolute atomic E-state index is 0.0278. The van der Waals surface area contributed by atoms with E-state index in [1.165, 1.54) is 12.8 Å². The molecule has 3 N–H and O–H groups in total. The summed E-state index contributed by atoms with van der Waals surface area (Å²) in [5.74, 6) is 1.61. The van der Waals surface area contributed by atoms with Gasteiger partial charge < -0.3 is 20.3 Å². The molecule has 2 rings (SSSR count). The van der Waals surface area contributed by atoms with Gasteiger partial charge in [0.25, 0.3) is 0 Å². The summed E-state index contributed by atoms with van der Waals surface area (Å²) in [5.41, 5.74) is 6.88. The summed E-state index contributed by atoms with van der Waals surface area (Å²) in [6, 6.07) is 5.89. The molecule has 1 aromatic carbocycles. The maximum Gasteiger partial charge on any atom is 0.161 e. The fraction of sp³-hybridized carbons (Fsp3) is 0.625. The van der Waals surface area contributed by atoms with Gasteiger partial charge >= 0.3 is 0 Å². The zero-order valence-electron chi connectivity index (χ0n) is 12.2. The maximum atomic E-state index is 8.95. The van der Waals surface area contributed by atoms with Crippen LogP contribution >= 0.6 is 0 Å². The highest BCUT2D eigenvalue weighted by molar-refractivity contribution is 5.43. The predicted octanol–water partition coefficient (Wildman–Crippen LogP) is 2.27. The molecule has 4 nitrogen and oxygen atoms in total. The Morgan fingerprint density at radius 1 is 1.30 bits per heavy atom. The van der Waals surface area contributed by atoms with E-state index >= 15 is 0 Å². The molecule has 0 aromatic heterocycles. The molecule has 0 bridgehead atoms. The van der Waals surface area contributed by atoms with E-state index in [-0.39, 0.29) is 12.6 Å². The minimum Gasteiger partial charge on any atom is -0.493 e. The van der Waals surface area contributed by atoms with Gasteiger partial charge in [-0.3, -0.25) is 0 Å². The first-order chi connectivity index (χ1) is 9.72. The summed E-state index contributed by atoms with van der Waals surface area (Å²) in [5, 5.41) is 8.95. The lowest BCUT2D eigenvalue weighted by molar-refractivity contribution is 0.200. The second kappa shape index (κ2) is 7.50. The molecule has 0 spiro atoms. The first-order valence-corrected chi connectivity index (χ1v) is 7.43. The molecule has 0 saturated heterocycles. The average molecular weight is 279 g/mol. The Balaban J connectivity index is 1.99. The Labute approximate surface area is 120 Å². The Kier molecular flexibility index (Phi) is 5.68. The van der Waals surface area contributed by atoms with Crippen molar-refractivity contribution in [1.82, 2.24) is 0 Å². The summed E-state index contributed by atoms with van der Waals surface area (Å²) in [6.07, 6.45) is 6.71. The molecule has 1 atom stereocenters. The molecule has 1 fully saturated rings. The van der Waals surface area contributed by atoms with Crippen LogP contribution < -0.4 is 15.2 Å². The van der Waals surface area contributed by atoms with Crippen LogP contribution in [-0.2, 0) is 6.42 Å². The number of benzene rings is 1. The van der Waals surface area contributed by atoms with Crippen LogP contribution in [0.25, 0.3) is 0 Å². The van der Waals surface area contributed by atoms with E-state index in [1.807, 2.05) is 12.1 Å². The van der Waals surface area contributed by atoms with Crippen molar-refractivity contribution < 1.29 is 14.6 Å². The maximum absolute atomic E-state index is 8.95. The number of hydrogen-bond acceptors (Lipinski definition) is 4. The summed E-state index contributed by atoms with van der Waals surface area (Å²) >= 11 is 0. The number of aryl methyl sites for hydroxylation is 1. The number of methoxy groups -OCH3 is 1. The molecule has 0 radical (unpaired) electrons. The van der Waals surface area contributed by atoms with E-state index in [1.54, 1.807) is 7.11 Å². The van der Waals surface area contributed by atoms with Crippen molar-refractivity contribution in [3.05, 3.63) is 23.8 Å². The van der Waals surface area contributed by atoms with E-state index < -0.39 is 0 Å². The normalized spacial score (nSPS) is 17.1. The second-order valence-electron chi connectivity index (χ2n) is 5.49. The molecule has 1 aliphatic carbocycles. The van der Waals surface area contributed by atoms with Gasteiger partial charge in [-0.15, -0.1) is 0 Å². The van der Waals surface area contributed by atoms with E-state index in [2.05, 4.69) is 6.07 Å². The molecule has 1 saturated carbocycles. The number of nitrogens with two attached hydrogens (primary N) is 1. The summed E-state index contributed by atoms with van der Waals surface area (Å²) in [6.45, 7) is 0.0278. The van der Waals surface area contributed by atoms with Gasteiger partial charge in [0, 0.05) is 6.04 Å². The van der Waals surface area contributed by atoms with E-state index in [9.17, 15) is 0 Å². The standard InChI is InChI=1S/C16H25NO3/c1-19-16-10-12(6-8-13(17)11-18)7-9-15(16)20-14-4-2-3-5-14/h7,9-10,13-14,18H,2-6,8,11,17H2,1H3. The van der Waals surface area contributed by atoms with Crippen LogP contribution in [-0.4, -0.2) is 31.0 Å². The van der Waals surface area contributed by atoms with Crippen LogP contribution in [0.15, 0.2) is 18.2 Å². The Hall–Kier alpha value is -1.26. The van der Waals surface area contributed by atoms with Crippen LogP contribution in [0.3, 0.4) is 0 Å². The fourth-order valence-electron chi connectivity index (χ4n) is 2.59. The van der Waals surface area contributed by atoms with Gasteiger partial charge in [0.05, 0.1) is 19.8 Å². The van der Waals surface area contributed by atoms with Gasteiger partial charge in [0.1, 0.15) is 0 Å². The fourth-order valence-corrected chi connectivity index (χ4v) is 2.59. The first-order valence-electron chi connectivity index (χ1n) is 7.43. The van der Waals surface area contributed by atoms with Crippen molar-refractivity contribution in [2.24, 2.45) is 5.73 Å². The molecule has 1 unspecified atom stereocenters. The minimum atomic E-state index is -0.157. The van der Waals surface area contributed by atoms with Crippen molar-refractivity contribution in [2.45, 2.75) is 50.7 Å². The third-order valence-corrected chi connectivity index (χ3v) is 3.86. The molecule has 1 aromatic rings. The molecule has 4 heteroatoms. The van der Waals surface area contributed by atoms with Crippen LogP contribution in [0.4, 0.5) is 0 Å². The van der Waals surface area contributed by atoms with Crippen LogP contribution in [0.5, 0.6) is 11.5 Å². The molecular weight excluding hydrogens is 254 g/mol. The van der Waals surface area contributed by atoms with Gasteiger partial charge in [0.2, 0.25) is 0 Å². The average Bonchev–Trinajstić information content (AvgIpc) is 2.98. The highest BCUT2D eigenvalue weighted by Crippen LogP contribution is 2.32. The topological polar surface area (TPSA) is 64.7 Å². The van der Waals surface area contributed by atoms with Crippen molar-refractivity contribution in [3.8, 4) is 11.5 Å². The predicted molar refractivity (Wildman–Crippen MR) is 79.3 cm³/mol. The third kappa shape index (κ3) is 4.12. The smallest absolute Gasteiger partial charge is 0.161 e. The molecule has 0 amide bonds. The summed E-state index contributed by atoms with van der Waals surface area (Å²) < 4.78 is 11.4. The highest BCUT2D eigenvalue weighted by Gasteiger charge is 2.18. The number of hydrogen-bond donors (Lipinski definition) is 2. The monoisotopic (exact) mass is 279 g/mol. The zero-order valence-corrected chi connectivity index (χ0v) is 12.2. The van der Waals surface area contributed by atoms with Crippen molar-refractivity contribution in [3.63, 3.8) is 0 Å². The van der Waals surface area contributed by atoms with Crippen molar-refractivity contribution >= 4 is 0 Å². The molecule has 0 aliphatic heterocycles. The molecule has 112 valence electrons. The summed E-state index contributed by atoms with van der Waals surface area (Å²) in [7, 11) is 1.67. The Bertz CT molecular complexity index is 416. The number of aliphatic hydroxyl groups excluding tert-OH is 1. The first kappa shape index (κ1) is 15.1. The Morgan fingerprint density at radius 3 is 2.70 bits per heavy atom. The lowest BCUT2D eigenvalue weighted by Gasteiger charge is -2.17. The van der Waals surface area contributed by atoms with Gasteiger partial charge in [-0.05, 0) is 56.2 Å². The Morgan fingerprint density at radius 2 is 2.05 bits per heavy atom. The molecule has 1 aliphatic rings. The quantitative estimate of drug-likeness (QED) is 0.803. The van der Waals surface area contributed by atoms with E-state index in [0.29, 0.717) is 6.10 Å². The largest absolute Gasteiger partial charge is 0.493 e. The molecular formula is C16H25NO3. The lowest BCUT2D eigenvalue weighted by Crippen LogP contribution is -2.24. The van der Waals surface area contributed by atoms with Crippen molar-refractivity contribution in [1.29, 1.82) is 0 Å². The van der Waals surface area contributed by atoms with Gasteiger partial charge in [0.15, 0.2) is 11.5 Å². The zero-order chi connectivity index (χ0) is 14.4. The number of ether oxygens (including phenoxy) is 2. The SMILES string of the molecule is COc1cc(CCC(N)CO)ccc1OC1CCCC1. The second-order valence-corrected chi connectivity index (χ2v) is 5.49. The van der Waals surface area contributed by atoms with Gasteiger partial charge in [-0.1, -0.05) is 6.07 Å². The number of aliphatic hydroxyl groups is 1. The lowest BCUT2D eigenvalue weighted by atomic mass is 10.1. The third-order valence-electron chi connectivity index (χ3n) is 3.86. The van der Waals surface area contributed by atoms with Crippen LogP contribution in [0.1, 0.15) is 37.7 Å². The van der Waals surface area contributed by atoms with Crippen LogP contribution in [0.2, 0.25) is 0 Å². The van der Waals surface area contributed by atoms with Crippen molar-refractivity contribution in [2.75, 3.05) is 13.7 Å². The highest BCUT2D eigenvalue weighted by atomic mass is 16.5. The number of rotatable bonds is 7. The van der Waals surface area contributed by atoms with Gasteiger partial charge in [-0.25, -0.2) is 0 Å². The van der Waals surface area contributed by atoms with Crippen LogP contribution in [0, 0.1) is 0 Å². The van der Waals surface area contributed by atoms with E-state index in [4.69, 9.17) is 20.3 Å². The molecule has 20 heavy (non-hydrogen) atoms. The summed E-state index contributed by atoms with van der Waals surface area (Å²) in [4.78, 5) is 0. The van der Waals surface area contributed by atoms with Gasteiger partial charge in [-0.2, -0.15) is 0 Å². The molecule has 0 heterocycles.